The van der Waals surface area contributed by atoms with E-state index in [4.69, 9.17) is 14.2 Å². The first kappa shape index (κ1) is 15.8. The van der Waals surface area contributed by atoms with E-state index in [0.717, 1.165) is 39.3 Å². The van der Waals surface area contributed by atoms with Gasteiger partial charge in [-0.05, 0) is 33.7 Å². The van der Waals surface area contributed by atoms with Gasteiger partial charge >= 0.3 is 0 Å². The summed E-state index contributed by atoms with van der Waals surface area (Å²) in [5, 5.41) is 3.30. The Hall–Kier alpha value is -0.160. The molecule has 4 heteroatoms. The summed E-state index contributed by atoms with van der Waals surface area (Å²) < 4.78 is 16.0. The smallest absolute Gasteiger partial charge is 0.0703 e. The summed E-state index contributed by atoms with van der Waals surface area (Å²) >= 11 is 0. The second-order valence-corrected chi connectivity index (χ2v) is 3.83. The lowest BCUT2D eigenvalue weighted by Crippen LogP contribution is -2.22. The maximum atomic E-state index is 5.39. The second kappa shape index (κ2) is 12.9. The van der Waals surface area contributed by atoms with Gasteiger partial charge in [-0.2, -0.15) is 0 Å². The van der Waals surface area contributed by atoms with Gasteiger partial charge in [0.05, 0.1) is 25.9 Å². The minimum absolute atomic E-state index is 0.292. The highest BCUT2D eigenvalue weighted by atomic mass is 16.5. The van der Waals surface area contributed by atoms with E-state index in [9.17, 15) is 0 Å². The minimum Gasteiger partial charge on any atom is -0.382 e. The minimum atomic E-state index is 0.292. The summed E-state index contributed by atoms with van der Waals surface area (Å²) in [7, 11) is 0. The molecule has 0 aliphatic carbocycles. The van der Waals surface area contributed by atoms with E-state index in [1.54, 1.807) is 0 Å². The number of hydrogen-bond donors (Lipinski definition) is 1. The first-order valence-corrected chi connectivity index (χ1v) is 6.25. The third-order valence-electron chi connectivity index (χ3n) is 1.95. The fourth-order valence-corrected chi connectivity index (χ4v) is 1.16. The van der Waals surface area contributed by atoms with Crippen LogP contribution in [0, 0.1) is 0 Å². The Morgan fingerprint density at radius 3 is 2.44 bits per heavy atom. The molecule has 16 heavy (non-hydrogen) atoms. The van der Waals surface area contributed by atoms with Gasteiger partial charge in [0.1, 0.15) is 0 Å². The van der Waals surface area contributed by atoms with Crippen LogP contribution in [0.1, 0.15) is 27.2 Å². The molecular formula is C12H27NO3. The van der Waals surface area contributed by atoms with Crippen molar-refractivity contribution in [1.82, 2.24) is 5.32 Å². The largest absolute Gasteiger partial charge is 0.382 e. The highest BCUT2D eigenvalue weighted by Gasteiger charge is 1.93. The van der Waals surface area contributed by atoms with Gasteiger partial charge in [0.2, 0.25) is 0 Å². The van der Waals surface area contributed by atoms with Gasteiger partial charge in [-0.15, -0.1) is 0 Å². The molecule has 0 aromatic heterocycles. The molecule has 0 rings (SSSR count). The van der Waals surface area contributed by atoms with Crippen LogP contribution in [0.4, 0.5) is 0 Å². The van der Waals surface area contributed by atoms with Crippen LogP contribution < -0.4 is 5.32 Å². The Labute approximate surface area is 99.6 Å². The van der Waals surface area contributed by atoms with E-state index in [1.165, 1.54) is 0 Å². The van der Waals surface area contributed by atoms with Gasteiger partial charge < -0.3 is 19.5 Å². The summed E-state index contributed by atoms with van der Waals surface area (Å²) in [5.41, 5.74) is 0. The zero-order chi connectivity index (χ0) is 12.1. The second-order valence-electron chi connectivity index (χ2n) is 3.83. The molecule has 0 unspecified atom stereocenters. The van der Waals surface area contributed by atoms with Crippen LogP contribution in [-0.2, 0) is 14.2 Å². The van der Waals surface area contributed by atoms with Crippen LogP contribution in [0.2, 0.25) is 0 Å². The molecule has 0 saturated carbocycles. The molecule has 0 bridgehead atoms. The summed E-state index contributed by atoms with van der Waals surface area (Å²) in [5.74, 6) is 0. The van der Waals surface area contributed by atoms with Crippen LogP contribution in [0.3, 0.4) is 0 Å². The van der Waals surface area contributed by atoms with Gasteiger partial charge in [0, 0.05) is 19.8 Å². The Morgan fingerprint density at radius 1 is 0.938 bits per heavy atom. The molecule has 0 heterocycles. The molecule has 0 saturated heterocycles. The van der Waals surface area contributed by atoms with Crippen molar-refractivity contribution in [1.29, 1.82) is 0 Å². The van der Waals surface area contributed by atoms with Crippen LogP contribution in [0.5, 0.6) is 0 Å². The quantitative estimate of drug-likeness (QED) is 0.518. The summed E-state index contributed by atoms with van der Waals surface area (Å²) in [6.07, 6.45) is 1.35. The van der Waals surface area contributed by atoms with Crippen molar-refractivity contribution in [3.05, 3.63) is 0 Å². The molecule has 4 nitrogen and oxygen atoms in total. The molecule has 0 aromatic carbocycles. The maximum Gasteiger partial charge on any atom is 0.0703 e. The lowest BCUT2D eigenvalue weighted by atomic mass is 10.4. The van der Waals surface area contributed by atoms with Crippen LogP contribution in [-0.4, -0.2) is 52.2 Å². The molecule has 0 radical (unpaired) electrons. The topological polar surface area (TPSA) is 39.7 Å². The third kappa shape index (κ3) is 13.8. The van der Waals surface area contributed by atoms with Gasteiger partial charge in [-0.1, -0.05) is 0 Å². The zero-order valence-electron chi connectivity index (χ0n) is 11.0. The summed E-state index contributed by atoms with van der Waals surface area (Å²) in [6.45, 7) is 11.7. The fraction of sp³-hybridized carbons (Fsp3) is 1.00. The van der Waals surface area contributed by atoms with Gasteiger partial charge in [0.15, 0.2) is 0 Å². The molecule has 0 atom stereocenters. The fourth-order valence-electron chi connectivity index (χ4n) is 1.16. The van der Waals surface area contributed by atoms with Crippen molar-refractivity contribution >= 4 is 0 Å². The van der Waals surface area contributed by atoms with Crippen molar-refractivity contribution in [2.45, 2.75) is 33.3 Å². The molecule has 0 spiro atoms. The Balaban J connectivity index is 2.88. The lowest BCUT2D eigenvalue weighted by Gasteiger charge is -2.08. The third-order valence-corrected chi connectivity index (χ3v) is 1.95. The zero-order valence-corrected chi connectivity index (χ0v) is 11.0. The van der Waals surface area contributed by atoms with Crippen LogP contribution in [0.25, 0.3) is 0 Å². The Morgan fingerprint density at radius 2 is 1.75 bits per heavy atom. The Kier molecular flexibility index (Phi) is 12.8. The van der Waals surface area contributed by atoms with Crippen molar-refractivity contribution in [3.8, 4) is 0 Å². The number of rotatable bonds is 12. The molecule has 0 amide bonds. The average molecular weight is 233 g/mol. The first-order valence-electron chi connectivity index (χ1n) is 6.25. The van der Waals surface area contributed by atoms with E-state index in [0.29, 0.717) is 19.3 Å². The standard InChI is InChI=1S/C12H27NO3/c1-4-14-8-5-6-13-7-9-15-10-11-16-12(2)3/h12-13H,4-11H2,1-3H3. The highest BCUT2D eigenvalue weighted by molar-refractivity contribution is 4.46. The lowest BCUT2D eigenvalue weighted by molar-refractivity contribution is 0.0203. The van der Waals surface area contributed by atoms with Crippen molar-refractivity contribution in [3.63, 3.8) is 0 Å². The molecule has 0 fully saturated rings. The van der Waals surface area contributed by atoms with Gasteiger partial charge in [0.25, 0.3) is 0 Å². The highest BCUT2D eigenvalue weighted by Crippen LogP contribution is 1.87. The molecule has 1 N–H and O–H groups in total. The van der Waals surface area contributed by atoms with E-state index >= 15 is 0 Å². The van der Waals surface area contributed by atoms with E-state index in [2.05, 4.69) is 5.32 Å². The van der Waals surface area contributed by atoms with E-state index in [1.807, 2.05) is 20.8 Å². The number of hydrogen-bond acceptors (Lipinski definition) is 4. The maximum absolute atomic E-state index is 5.39. The normalized spacial score (nSPS) is 11.2. The monoisotopic (exact) mass is 233 g/mol. The first-order chi connectivity index (χ1) is 7.77. The van der Waals surface area contributed by atoms with Crippen molar-refractivity contribution in [2.75, 3.05) is 46.1 Å². The van der Waals surface area contributed by atoms with Crippen molar-refractivity contribution < 1.29 is 14.2 Å². The Bertz CT molecular complexity index is 131. The van der Waals surface area contributed by atoms with Gasteiger partial charge in [-0.3, -0.25) is 0 Å². The predicted molar refractivity (Wildman–Crippen MR) is 65.9 cm³/mol. The van der Waals surface area contributed by atoms with Crippen LogP contribution in [0.15, 0.2) is 0 Å². The van der Waals surface area contributed by atoms with Crippen molar-refractivity contribution in [2.24, 2.45) is 0 Å². The molecule has 0 aliphatic heterocycles. The SMILES string of the molecule is CCOCCCNCCOCCOC(C)C. The molecule has 0 aromatic rings. The predicted octanol–water partition coefficient (Wildman–Crippen LogP) is 1.44. The van der Waals surface area contributed by atoms with E-state index in [-0.39, 0.29) is 0 Å². The van der Waals surface area contributed by atoms with Gasteiger partial charge in [-0.25, -0.2) is 0 Å². The molecular weight excluding hydrogens is 206 g/mol. The summed E-state index contributed by atoms with van der Waals surface area (Å²) in [6, 6.07) is 0. The molecule has 98 valence electrons. The van der Waals surface area contributed by atoms with E-state index < -0.39 is 0 Å². The van der Waals surface area contributed by atoms with Crippen LogP contribution >= 0.6 is 0 Å². The average Bonchev–Trinajstić information content (AvgIpc) is 2.25. The molecule has 0 aliphatic rings. The number of ether oxygens (including phenoxy) is 3. The number of nitrogens with one attached hydrogen (secondary N) is 1. The summed E-state index contributed by atoms with van der Waals surface area (Å²) in [4.78, 5) is 0.